The van der Waals surface area contributed by atoms with Crippen molar-refractivity contribution in [1.82, 2.24) is 0 Å². The van der Waals surface area contributed by atoms with Gasteiger partial charge in [0.15, 0.2) is 0 Å². The number of nitrogens with two attached hydrogens (primary N) is 1. The van der Waals surface area contributed by atoms with Crippen molar-refractivity contribution >= 4 is 10.0 Å². The van der Waals surface area contributed by atoms with Gasteiger partial charge >= 0.3 is 0 Å². The van der Waals surface area contributed by atoms with Crippen LogP contribution in [0, 0.1) is 0 Å². The molecule has 0 saturated heterocycles. The first-order chi connectivity index (χ1) is 8.88. The molecule has 2 N–H and O–H groups in total. The Labute approximate surface area is 116 Å². The molecule has 0 atom stereocenters. The van der Waals surface area contributed by atoms with Crippen molar-refractivity contribution in [3.05, 3.63) is 29.8 Å². The number of primary sulfonamides is 1. The first-order valence-corrected chi connectivity index (χ1v) is 8.33. The molecule has 0 aromatic heterocycles. The van der Waals surface area contributed by atoms with Gasteiger partial charge in [0.2, 0.25) is 10.0 Å². The average Bonchev–Trinajstić information content (AvgIpc) is 2.33. The number of ether oxygens (including phenoxy) is 1. The lowest BCUT2D eigenvalue weighted by molar-refractivity contribution is 0.306. The number of sulfonamides is 1. The van der Waals surface area contributed by atoms with Crippen LogP contribution >= 0.6 is 0 Å². The smallest absolute Gasteiger partial charge is 0.209 e. The number of hydrogen-bond donors (Lipinski definition) is 1. The molecule has 0 aliphatic carbocycles. The van der Waals surface area contributed by atoms with E-state index >= 15 is 0 Å². The molecule has 0 radical (unpaired) electrons. The maximum Gasteiger partial charge on any atom is 0.209 e. The Morgan fingerprint density at radius 1 is 1.11 bits per heavy atom. The summed E-state index contributed by atoms with van der Waals surface area (Å²) in [6.45, 7) is 4.91. The lowest BCUT2D eigenvalue weighted by Crippen LogP contribution is -2.16. The van der Waals surface area contributed by atoms with E-state index in [9.17, 15) is 8.42 Å². The van der Waals surface area contributed by atoms with Crippen molar-refractivity contribution in [2.24, 2.45) is 5.14 Å². The summed E-state index contributed by atoms with van der Waals surface area (Å²) in [4.78, 5) is 0. The molecular formula is C14H23NO3S. The average molecular weight is 285 g/mol. The Hall–Kier alpha value is -1.07. The fourth-order valence-corrected chi connectivity index (χ4v) is 2.33. The zero-order valence-electron chi connectivity index (χ0n) is 11.6. The Morgan fingerprint density at radius 2 is 1.74 bits per heavy atom. The molecular weight excluding hydrogens is 262 g/mol. The fraction of sp³-hybridized carbons (Fsp3) is 0.571. The molecule has 19 heavy (non-hydrogen) atoms. The summed E-state index contributed by atoms with van der Waals surface area (Å²) < 4.78 is 27.0. The molecule has 0 unspecified atom stereocenters. The quantitative estimate of drug-likeness (QED) is 0.746. The first-order valence-electron chi connectivity index (χ1n) is 6.62. The van der Waals surface area contributed by atoms with Gasteiger partial charge in [0.25, 0.3) is 0 Å². The van der Waals surface area contributed by atoms with Crippen molar-refractivity contribution < 1.29 is 13.2 Å². The molecule has 0 fully saturated rings. The van der Waals surface area contributed by atoms with Crippen LogP contribution in [-0.4, -0.2) is 20.8 Å². The second kappa shape index (κ2) is 7.50. The fourth-order valence-electron chi connectivity index (χ4n) is 1.72. The predicted octanol–water partition coefficient (Wildman–Crippen LogP) is 2.65. The molecule has 5 heteroatoms. The second-order valence-corrected chi connectivity index (χ2v) is 6.73. The van der Waals surface area contributed by atoms with Gasteiger partial charge in [-0.1, -0.05) is 26.0 Å². The van der Waals surface area contributed by atoms with Crippen LogP contribution in [0.4, 0.5) is 0 Å². The third-order valence-corrected chi connectivity index (χ3v) is 3.75. The number of benzene rings is 1. The normalized spacial score (nSPS) is 11.8. The van der Waals surface area contributed by atoms with Gasteiger partial charge in [0.05, 0.1) is 12.4 Å². The highest BCUT2D eigenvalue weighted by Crippen LogP contribution is 2.18. The number of unbranched alkanes of at least 4 members (excludes halogenated alkanes) is 2. The van der Waals surface area contributed by atoms with Crippen LogP contribution in [0.2, 0.25) is 0 Å². The predicted molar refractivity (Wildman–Crippen MR) is 77.9 cm³/mol. The van der Waals surface area contributed by atoms with Crippen LogP contribution in [0.25, 0.3) is 0 Å². The van der Waals surface area contributed by atoms with E-state index in [-0.39, 0.29) is 5.75 Å². The van der Waals surface area contributed by atoms with Crippen LogP contribution < -0.4 is 9.88 Å². The molecule has 0 heterocycles. The van der Waals surface area contributed by atoms with E-state index in [4.69, 9.17) is 9.88 Å². The highest BCUT2D eigenvalue weighted by atomic mass is 32.2. The molecule has 1 rings (SSSR count). The summed E-state index contributed by atoms with van der Waals surface area (Å²) >= 11 is 0. The summed E-state index contributed by atoms with van der Waals surface area (Å²) in [6.07, 6.45) is 2.23. The standard InChI is InChI=1S/C14H23NO3S/c1-12(2)13-6-8-14(9-7-13)18-10-4-3-5-11-19(15,16)17/h6-9,12H,3-5,10-11H2,1-2H3,(H2,15,16,17). The van der Waals surface area contributed by atoms with Gasteiger partial charge in [-0.2, -0.15) is 0 Å². The summed E-state index contributed by atoms with van der Waals surface area (Å²) in [5.74, 6) is 1.43. The van der Waals surface area contributed by atoms with Gasteiger partial charge in [-0.3, -0.25) is 0 Å². The van der Waals surface area contributed by atoms with Crippen molar-refractivity contribution in [3.8, 4) is 5.75 Å². The van der Waals surface area contributed by atoms with E-state index in [1.54, 1.807) is 0 Å². The van der Waals surface area contributed by atoms with Gasteiger partial charge in [-0.05, 0) is 42.9 Å². The van der Waals surface area contributed by atoms with Crippen LogP contribution in [0.15, 0.2) is 24.3 Å². The van der Waals surface area contributed by atoms with Gasteiger partial charge in [-0.15, -0.1) is 0 Å². The molecule has 0 saturated carbocycles. The third kappa shape index (κ3) is 7.18. The maximum absolute atomic E-state index is 10.7. The number of hydrogen-bond acceptors (Lipinski definition) is 3. The highest BCUT2D eigenvalue weighted by Gasteiger charge is 2.02. The minimum Gasteiger partial charge on any atom is -0.494 e. The molecule has 108 valence electrons. The summed E-state index contributed by atoms with van der Waals surface area (Å²) in [5.41, 5.74) is 1.29. The van der Waals surface area contributed by atoms with Crippen molar-refractivity contribution in [2.45, 2.75) is 39.0 Å². The van der Waals surface area contributed by atoms with Crippen molar-refractivity contribution in [1.29, 1.82) is 0 Å². The lowest BCUT2D eigenvalue weighted by atomic mass is 10.0. The number of rotatable bonds is 8. The van der Waals surface area contributed by atoms with Crippen LogP contribution in [0.1, 0.15) is 44.6 Å². The third-order valence-electron chi connectivity index (χ3n) is 2.89. The SMILES string of the molecule is CC(C)c1ccc(OCCCCCS(N)(=O)=O)cc1. The molecule has 0 aliphatic rings. The zero-order chi connectivity index (χ0) is 14.3. The van der Waals surface area contributed by atoms with Gasteiger partial charge < -0.3 is 4.74 Å². The molecule has 1 aromatic carbocycles. The largest absolute Gasteiger partial charge is 0.494 e. The van der Waals surface area contributed by atoms with Crippen LogP contribution in [0.5, 0.6) is 5.75 Å². The monoisotopic (exact) mass is 285 g/mol. The van der Waals surface area contributed by atoms with E-state index in [1.807, 2.05) is 12.1 Å². The molecule has 0 spiro atoms. The molecule has 0 bridgehead atoms. The maximum atomic E-state index is 10.7. The van der Waals surface area contributed by atoms with Crippen molar-refractivity contribution in [3.63, 3.8) is 0 Å². The second-order valence-electron chi connectivity index (χ2n) is 5.00. The van der Waals surface area contributed by atoms with E-state index in [1.165, 1.54) is 5.56 Å². The lowest BCUT2D eigenvalue weighted by Gasteiger charge is -2.08. The zero-order valence-corrected chi connectivity index (χ0v) is 12.4. The van der Waals surface area contributed by atoms with Gasteiger partial charge in [0.1, 0.15) is 5.75 Å². The van der Waals surface area contributed by atoms with E-state index in [0.29, 0.717) is 18.9 Å². The van der Waals surface area contributed by atoms with Gasteiger partial charge in [-0.25, -0.2) is 13.6 Å². The molecule has 0 aliphatic heterocycles. The highest BCUT2D eigenvalue weighted by molar-refractivity contribution is 7.89. The Balaban J connectivity index is 2.19. The van der Waals surface area contributed by atoms with Crippen molar-refractivity contribution in [2.75, 3.05) is 12.4 Å². The van der Waals surface area contributed by atoms with E-state index < -0.39 is 10.0 Å². The Bertz CT molecular complexity index is 466. The molecule has 0 amide bonds. The minimum absolute atomic E-state index is 0.0517. The van der Waals surface area contributed by atoms with E-state index in [0.717, 1.165) is 18.6 Å². The van der Waals surface area contributed by atoms with Crippen LogP contribution in [-0.2, 0) is 10.0 Å². The molecule has 1 aromatic rings. The van der Waals surface area contributed by atoms with Crippen LogP contribution in [0.3, 0.4) is 0 Å². The first kappa shape index (κ1) is 16.0. The summed E-state index contributed by atoms with van der Waals surface area (Å²) in [5, 5.41) is 4.92. The summed E-state index contributed by atoms with van der Waals surface area (Å²) in [7, 11) is -3.32. The summed E-state index contributed by atoms with van der Waals surface area (Å²) in [6, 6.07) is 8.08. The Kier molecular flexibility index (Phi) is 6.31. The molecule has 4 nitrogen and oxygen atoms in total. The Morgan fingerprint density at radius 3 is 2.26 bits per heavy atom. The van der Waals surface area contributed by atoms with E-state index in [2.05, 4.69) is 26.0 Å². The van der Waals surface area contributed by atoms with Gasteiger partial charge in [0, 0.05) is 0 Å². The minimum atomic E-state index is -3.32. The topological polar surface area (TPSA) is 69.4 Å².